The van der Waals surface area contributed by atoms with Crippen molar-refractivity contribution in [2.45, 2.75) is 32.3 Å². The van der Waals surface area contributed by atoms with Crippen molar-refractivity contribution >= 4 is 5.69 Å². The fourth-order valence-electron chi connectivity index (χ4n) is 3.87. The van der Waals surface area contributed by atoms with Gasteiger partial charge in [0, 0.05) is 31.0 Å². The van der Waals surface area contributed by atoms with E-state index in [-0.39, 0.29) is 11.2 Å². The van der Waals surface area contributed by atoms with Crippen molar-refractivity contribution in [1.82, 2.24) is 4.98 Å². The lowest BCUT2D eigenvalue weighted by Gasteiger charge is -2.18. The van der Waals surface area contributed by atoms with Crippen molar-refractivity contribution in [2.75, 3.05) is 18.5 Å². The second-order valence-corrected chi connectivity index (χ2v) is 8.14. The van der Waals surface area contributed by atoms with E-state index in [0.717, 1.165) is 34.6 Å². The van der Waals surface area contributed by atoms with E-state index in [0.29, 0.717) is 18.9 Å². The first-order valence-corrected chi connectivity index (χ1v) is 9.59. The standard InChI is InChI=1S/C24H25FN2O/c1-24(2)16-27(3)21-14-19(13-17-9-11-20(25)12-10-17)23(26-22(21)24)28-15-18-7-5-4-6-8-18/h4-12,14H,13,15-16H2,1-3H3. The molecule has 144 valence electrons. The molecule has 2 aromatic carbocycles. The first-order valence-electron chi connectivity index (χ1n) is 9.59. The third-order valence-corrected chi connectivity index (χ3v) is 5.25. The summed E-state index contributed by atoms with van der Waals surface area (Å²) >= 11 is 0. The van der Waals surface area contributed by atoms with Gasteiger partial charge in [-0.05, 0) is 29.3 Å². The third kappa shape index (κ3) is 3.72. The van der Waals surface area contributed by atoms with Gasteiger partial charge in [0.1, 0.15) is 12.4 Å². The number of fused-ring (bicyclic) bond motifs is 1. The number of rotatable bonds is 5. The molecule has 0 unspecified atom stereocenters. The summed E-state index contributed by atoms with van der Waals surface area (Å²) in [4.78, 5) is 7.19. The molecule has 0 radical (unpaired) electrons. The Morgan fingerprint density at radius 3 is 2.46 bits per heavy atom. The highest BCUT2D eigenvalue weighted by Crippen LogP contribution is 2.41. The Morgan fingerprint density at radius 1 is 1.04 bits per heavy atom. The Bertz CT molecular complexity index is 968. The normalized spacial score (nSPS) is 14.8. The number of nitrogens with zero attached hydrogens (tertiary/aromatic N) is 2. The molecule has 1 aromatic heterocycles. The predicted molar refractivity (Wildman–Crippen MR) is 111 cm³/mol. The van der Waals surface area contributed by atoms with Gasteiger partial charge in [-0.2, -0.15) is 0 Å². The SMILES string of the molecule is CN1CC(C)(C)c2nc(OCc3ccccc3)c(Cc3ccc(F)cc3)cc21. The maximum atomic E-state index is 13.3. The number of halogens is 1. The van der Waals surface area contributed by atoms with Gasteiger partial charge in [-0.1, -0.05) is 56.3 Å². The molecule has 0 N–H and O–H groups in total. The summed E-state index contributed by atoms with van der Waals surface area (Å²) < 4.78 is 19.5. The summed E-state index contributed by atoms with van der Waals surface area (Å²) in [5.41, 5.74) is 5.35. The lowest BCUT2D eigenvalue weighted by Crippen LogP contribution is -2.25. The lowest BCUT2D eigenvalue weighted by molar-refractivity contribution is 0.289. The molecule has 2 heterocycles. The summed E-state index contributed by atoms with van der Waals surface area (Å²) in [6.07, 6.45) is 0.652. The molecular weight excluding hydrogens is 351 g/mol. The van der Waals surface area contributed by atoms with Gasteiger partial charge in [0.15, 0.2) is 0 Å². The molecule has 3 nitrogen and oxygen atoms in total. The zero-order valence-corrected chi connectivity index (χ0v) is 16.6. The number of hydrogen-bond acceptors (Lipinski definition) is 3. The van der Waals surface area contributed by atoms with Gasteiger partial charge in [-0.3, -0.25) is 0 Å². The van der Waals surface area contributed by atoms with Crippen LogP contribution in [0.25, 0.3) is 0 Å². The molecule has 0 spiro atoms. The van der Waals surface area contributed by atoms with Crippen molar-refractivity contribution in [3.8, 4) is 5.88 Å². The third-order valence-electron chi connectivity index (χ3n) is 5.25. The van der Waals surface area contributed by atoms with Crippen LogP contribution in [0.15, 0.2) is 60.7 Å². The van der Waals surface area contributed by atoms with Crippen LogP contribution in [-0.2, 0) is 18.4 Å². The Kier molecular flexibility index (Phi) is 4.80. The maximum Gasteiger partial charge on any atom is 0.217 e. The van der Waals surface area contributed by atoms with Gasteiger partial charge in [0.25, 0.3) is 0 Å². The van der Waals surface area contributed by atoms with E-state index < -0.39 is 0 Å². The Balaban J connectivity index is 1.70. The molecular formula is C24H25FN2O. The second-order valence-electron chi connectivity index (χ2n) is 8.14. The van der Waals surface area contributed by atoms with Crippen LogP contribution >= 0.6 is 0 Å². The van der Waals surface area contributed by atoms with E-state index in [1.165, 1.54) is 12.1 Å². The van der Waals surface area contributed by atoms with Crippen LogP contribution in [0.1, 0.15) is 36.2 Å². The minimum Gasteiger partial charge on any atom is -0.473 e. The highest BCUT2D eigenvalue weighted by atomic mass is 19.1. The topological polar surface area (TPSA) is 25.4 Å². The van der Waals surface area contributed by atoms with Crippen LogP contribution in [-0.4, -0.2) is 18.6 Å². The Labute approximate surface area is 165 Å². The lowest BCUT2D eigenvalue weighted by atomic mass is 9.91. The number of pyridine rings is 1. The number of aromatic nitrogens is 1. The van der Waals surface area contributed by atoms with Gasteiger partial charge in [-0.25, -0.2) is 9.37 Å². The van der Waals surface area contributed by atoms with Crippen LogP contribution in [0.3, 0.4) is 0 Å². The number of benzene rings is 2. The van der Waals surface area contributed by atoms with Crippen LogP contribution in [0.5, 0.6) is 5.88 Å². The number of likely N-dealkylation sites (N-methyl/N-ethyl adjacent to an activating group) is 1. The maximum absolute atomic E-state index is 13.3. The molecule has 1 aliphatic rings. The van der Waals surface area contributed by atoms with E-state index in [2.05, 4.69) is 31.9 Å². The molecule has 0 fully saturated rings. The van der Waals surface area contributed by atoms with Gasteiger partial charge < -0.3 is 9.64 Å². The molecule has 4 heteroatoms. The highest BCUT2D eigenvalue weighted by Gasteiger charge is 2.36. The Morgan fingerprint density at radius 2 is 1.75 bits per heavy atom. The van der Waals surface area contributed by atoms with Crippen molar-refractivity contribution in [1.29, 1.82) is 0 Å². The molecule has 1 aliphatic heterocycles. The largest absolute Gasteiger partial charge is 0.473 e. The van der Waals surface area contributed by atoms with Crippen LogP contribution < -0.4 is 9.64 Å². The zero-order chi connectivity index (χ0) is 19.7. The molecule has 0 saturated carbocycles. The van der Waals surface area contributed by atoms with Crippen molar-refractivity contribution in [3.63, 3.8) is 0 Å². The molecule has 0 bridgehead atoms. The van der Waals surface area contributed by atoms with E-state index in [4.69, 9.17) is 9.72 Å². The first kappa shape index (κ1) is 18.5. The average Bonchev–Trinajstić information content (AvgIpc) is 2.90. The smallest absolute Gasteiger partial charge is 0.217 e. The monoisotopic (exact) mass is 376 g/mol. The molecule has 0 saturated heterocycles. The van der Waals surface area contributed by atoms with Gasteiger partial charge in [0.2, 0.25) is 5.88 Å². The van der Waals surface area contributed by atoms with E-state index in [1.54, 1.807) is 0 Å². The summed E-state index contributed by atoms with van der Waals surface area (Å²) in [7, 11) is 2.10. The predicted octanol–water partition coefficient (Wildman–Crippen LogP) is 5.12. The van der Waals surface area contributed by atoms with E-state index >= 15 is 0 Å². The first-order chi connectivity index (χ1) is 13.4. The molecule has 4 rings (SSSR count). The van der Waals surface area contributed by atoms with Gasteiger partial charge in [0.05, 0.1) is 11.4 Å². The highest BCUT2D eigenvalue weighted by molar-refractivity contribution is 5.62. The summed E-state index contributed by atoms with van der Waals surface area (Å²) in [5, 5.41) is 0. The zero-order valence-electron chi connectivity index (χ0n) is 16.6. The number of hydrogen-bond donors (Lipinski definition) is 0. The minimum absolute atomic E-state index is 0.0245. The average molecular weight is 376 g/mol. The van der Waals surface area contributed by atoms with Crippen molar-refractivity contribution in [2.24, 2.45) is 0 Å². The molecule has 3 aromatic rings. The van der Waals surface area contributed by atoms with Crippen LogP contribution in [0.2, 0.25) is 0 Å². The van der Waals surface area contributed by atoms with Gasteiger partial charge >= 0.3 is 0 Å². The summed E-state index contributed by atoms with van der Waals surface area (Å²) in [6.45, 7) is 5.82. The summed E-state index contributed by atoms with van der Waals surface area (Å²) in [6, 6.07) is 18.9. The second kappa shape index (κ2) is 7.27. The number of anilines is 1. The van der Waals surface area contributed by atoms with Gasteiger partial charge in [-0.15, -0.1) is 0 Å². The molecule has 0 atom stereocenters. The minimum atomic E-state index is -0.224. The summed E-state index contributed by atoms with van der Waals surface area (Å²) in [5.74, 6) is 0.438. The molecule has 0 amide bonds. The van der Waals surface area contributed by atoms with E-state index in [9.17, 15) is 4.39 Å². The van der Waals surface area contributed by atoms with E-state index in [1.807, 2.05) is 42.5 Å². The van der Waals surface area contributed by atoms with Crippen molar-refractivity contribution < 1.29 is 9.13 Å². The van der Waals surface area contributed by atoms with Crippen LogP contribution in [0, 0.1) is 5.82 Å². The van der Waals surface area contributed by atoms with Crippen molar-refractivity contribution in [3.05, 3.63) is 88.9 Å². The fourth-order valence-corrected chi connectivity index (χ4v) is 3.87. The molecule has 28 heavy (non-hydrogen) atoms. The number of ether oxygens (including phenoxy) is 1. The quantitative estimate of drug-likeness (QED) is 0.618. The molecule has 0 aliphatic carbocycles. The fraction of sp³-hybridized carbons (Fsp3) is 0.292. The Hall–Kier alpha value is -2.88. The van der Waals surface area contributed by atoms with Crippen LogP contribution in [0.4, 0.5) is 10.1 Å².